The lowest BCUT2D eigenvalue weighted by molar-refractivity contribution is -0.119. The van der Waals surface area contributed by atoms with Crippen LogP contribution in [0.3, 0.4) is 0 Å². The molecule has 0 saturated carbocycles. The number of carbonyl (C=O) groups is 2. The van der Waals surface area contributed by atoms with Crippen LogP contribution in [0.4, 0.5) is 5.69 Å². The van der Waals surface area contributed by atoms with Crippen LogP contribution in [0.15, 0.2) is 71.3 Å². The van der Waals surface area contributed by atoms with Gasteiger partial charge in [-0.1, -0.05) is 30.3 Å². The van der Waals surface area contributed by atoms with E-state index in [0.29, 0.717) is 33.6 Å². The lowest BCUT2D eigenvalue weighted by atomic mass is 10.1. The first-order valence-corrected chi connectivity index (χ1v) is 9.49. The van der Waals surface area contributed by atoms with E-state index in [0.717, 1.165) is 11.1 Å². The predicted octanol–water partition coefficient (Wildman–Crippen LogP) is 4.91. The van der Waals surface area contributed by atoms with E-state index in [9.17, 15) is 9.59 Å². The molecule has 0 saturated heterocycles. The summed E-state index contributed by atoms with van der Waals surface area (Å²) >= 11 is 0. The molecule has 6 nitrogen and oxygen atoms in total. The molecule has 150 valence electrons. The highest BCUT2D eigenvalue weighted by molar-refractivity contribution is 6.05. The number of anilines is 1. The van der Waals surface area contributed by atoms with Crippen molar-refractivity contribution in [2.45, 2.75) is 13.8 Å². The third kappa shape index (κ3) is 4.07. The second kappa shape index (κ2) is 8.21. The zero-order valence-corrected chi connectivity index (χ0v) is 16.6. The van der Waals surface area contributed by atoms with E-state index in [4.69, 9.17) is 9.15 Å². The molecule has 0 aliphatic heterocycles. The van der Waals surface area contributed by atoms with Gasteiger partial charge in [0.15, 0.2) is 12.4 Å². The van der Waals surface area contributed by atoms with Crippen LogP contribution in [-0.4, -0.2) is 23.5 Å². The quantitative estimate of drug-likeness (QED) is 0.482. The van der Waals surface area contributed by atoms with Crippen LogP contribution in [0.1, 0.15) is 21.5 Å². The van der Waals surface area contributed by atoms with Gasteiger partial charge in [-0.2, -0.15) is 0 Å². The number of ether oxygens (including phenoxy) is 1. The Morgan fingerprint density at radius 3 is 2.67 bits per heavy atom. The van der Waals surface area contributed by atoms with Gasteiger partial charge in [-0.25, -0.2) is 9.78 Å². The largest absolute Gasteiger partial charge is 0.463 e. The standard InChI is InChI=1S/C24H20N2O4/c1-15-9-10-16(2)20(12-15)26-23(27)14-30-24(28)18-13-21(22-8-5-11-29-22)25-19-7-4-3-6-17(18)19/h3-13H,14H2,1-2H3,(H,26,27). The number of fused-ring (bicyclic) bond motifs is 1. The van der Waals surface area contributed by atoms with Gasteiger partial charge in [-0.3, -0.25) is 4.79 Å². The number of rotatable bonds is 5. The minimum absolute atomic E-state index is 0.325. The van der Waals surface area contributed by atoms with Crippen molar-refractivity contribution in [3.63, 3.8) is 0 Å². The number of amides is 1. The Kier molecular flexibility index (Phi) is 5.30. The molecule has 1 N–H and O–H groups in total. The molecular weight excluding hydrogens is 380 g/mol. The third-order valence-corrected chi connectivity index (χ3v) is 4.71. The normalized spacial score (nSPS) is 10.7. The molecule has 0 aliphatic carbocycles. The highest BCUT2D eigenvalue weighted by Gasteiger charge is 2.17. The number of aryl methyl sites for hydroxylation is 2. The van der Waals surface area contributed by atoms with Crippen molar-refractivity contribution in [2.24, 2.45) is 0 Å². The van der Waals surface area contributed by atoms with Crippen LogP contribution >= 0.6 is 0 Å². The zero-order valence-electron chi connectivity index (χ0n) is 16.6. The van der Waals surface area contributed by atoms with Crippen molar-refractivity contribution in [3.8, 4) is 11.5 Å². The minimum atomic E-state index is -0.600. The molecule has 0 spiro atoms. The van der Waals surface area contributed by atoms with E-state index in [2.05, 4.69) is 10.3 Å². The molecule has 30 heavy (non-hydrogen) atoms. The van der Waals surface area contributed by atoms with Crippen molar-refractivity contribution in [1.82, 2.24) is 4.98 Å². The van der Waals surface area contributed by atoms with Gasteiger partial charge in [0.05, 0.1) is 17.3 Å². The maximum Gasteiger partial charge on any atom is 0.339 e. The maximum absolute atomic E-state index is 12.8. The minimum Gasteiger partial charge on any atom is -0.463 e. The number of nitrogens with one attached hydrogen (secondary N) is 1. The third-order valence-electron chi connectivity index (χ3n) is 4.71. The summed E-state index contributed by atoms with van der Waals surface area (Å²) in [6.07, 6.45) is 1.54. The van der Waals surface area contributed by atoms with Crippen LogP contribution in [0.25, 0.3) is 22.4 Å². The van der Waals surface area contributed by atoms with Gasteiger partial charge in [0.25, 0.3) is 5.91 Å². The summed E-state index contributed by atoms with van der Waals surface area (Å²) in [4.78, 5) is 29.7. The van der Waals surface area contributed by atoms with E-state index < -0.39 is 11.9 Å². The molecule has 0 radical (unpaired) electrons. The first kappa shape index (κ1) is 19.4. The van der Waals surface area contributed by atoms with E-state index in [1.54, 1.807) is 30.5 Å². The van der Waals surface area contributed by atoms with E-state index in [1.165, 1.54) is 0 Å². The average molecular weight is 400 g/mol. The second-order valence-electron chi connectivity index (χ2n) is 6.99. The SMILES string of the molecule is Cc1ccc(C)c(NC(=O)COC(=O)c2cc(-c3ccco3)nc3ccccc23)c1. The van der Waals surface area contributed by atoms with Crippen LogP contribution < -0.4 is 5.32 Å². The lowest BCUT2D eigenvalue weighted by Gasteiger charge is -2.11. The number of nitrogens with zero attached hydrogens (tertiary/aromatic N) is 1. The molecule has 2 heterocycles. The molecule has 2 aromatic carbocycles. The fraction of sp³-hybridized carbons (Fsp3) is 0.125. The highest BCUT2D eigenvalue weighted by Crippen LogP contribution is 2.25. The Labute approximate surface area is 173 Å². The molecule has 6 heteroatoms. The Balaban J connectivity index is 1.54. The predicted molar refractivity (Wildman–Crippen MR) is 114 cm³/mol. The fourth-order valence-electron chi connectivity index (χ4n) is 3.16. The summed E-state index contributed by atoms with van der Waals surface area (Å²) in [6.45, 7) is 3.46. The Bertz CT molecular complexity index is 1230. The highest BCUT2D eigenvalue weighted by atomic mass is 16.5. The number of carbonyl (C=O) groups excluding carboxylic acids is 2. The van der Waals surface area contributed by atoms with E-state index in [-0.39, 0.29) is 6.61 Å². The summed E-state index contributed by atoms with van der Waals surface area (Å²) in [5.41, 5.74) is 4.14. The van der Waals surface area contributed by atoms with E-state index in [1.807, 2.05) is 50.2 Å². The molecule has 0 atom stereocenters. The molecule has 0 aliphatic rings. The number of benzene rings is 2. The van der Waals surface area contributed by atoms with Crippen molar-refractivity contribution < 1.29 is 18.7 Å². The van der Waals surface area contributed by atoms with Gasteiger partial charge < -0.3 is 14.5 Å². The molecule has 0 fully saturated rings. The summed E-state index contributed by atoms with van der Waals surface area (Å²) in [7, 11) is 0. The zero-order chi connectivity index (χ0) is 21.1. The number of para-hydroxylation sites is 1. The molecule has 4 aromatic rings. The summed E-state index contributed by atoms with van der Waals surface area (Å²) < 4.78 is 10.7. The molecular formula is C24H20N2O4. The average Bonchev–Trinajstić information content (AvgIpc) is 3.29. The first-order valence-electron chi connectivity index (χ1n) is 9.49. The van der Waals surface area contributed by atoms with Gasteiger partial charge in [-0.05, 0) is 55.3 Å². The fourth-order valence-corrected chi connectivity index (χ4v) is 3.16. The summed E-state index contributed by atoms with van der Waals surface area (Å²) in [5.74, 6) is -0.457. The number of pyridine rings is 1. The Hall–Kier alpha value is -3.93. The van der Waals surface area contributed by atoms with Gasteiger partial charge in [0.1, 0.15) is 5.69 Å². The van der Waals surface area contributed by atoms with Gasteiger partial charge in [-0.15, -0.1) is 0 Å². The van der Waals surface area contributed by atoms with Crippen molar-refractivity contribution in [1.29, 1.82) is 0 Å². The molecule has 0 unspecified atom stereocenters. The second-order valence-corrected chi connectivity index (χ2v) is 6.99. The van der Waals surface area contributed by atoms with Crippen molar-refractivity contribution >= 4 is 28.5 Å². The Morgan fingerprint density at radius 2 is 1.87 bits per heavy atom. The summed E-state index contributed by atoms with van der Waals surface area (Å²) in [6, 6.07) is 18.2. The van der Waals surface area contributed by atoms with Crippen LogP contribution in [-0.2, 0) is 9.53 Å². The molecule has 4 rings (SSSR count). The van der Waals surface area contributed by atoms with E-state index >= 15 is 0 Å². The number of esters is 1. The molecule has 1 amide bonds. The monoisotopic (exact) mass is 400 g/mol. The van der Waals surface area contributed by atoms with Gasteiger partial charge in [0, 0.05) is 11.1 Å². The number of hydrogen-bond donors (Lipinski definition) is 1. The molecule has 2 aromatic heterocycles. The first-order chi connectivity index (χ1) is 14.5. The van der Waals surface area contributed by atoms with Gasteiger partial charge in [0.2, 0.25) is 0 Å². The molecule has 0 bridgehead atoms. The van der Waals surface area contributed by atoms with Crippen LogP contribution in [0.5, 0.6) is 0 Å². The number of furan rings is 1. The van der Waals surface area contributed by atoms with Crippen LogP contribution in [0.2, 0.25) is 0 Å². The maximum atomic E-state index is 12.8. The van der Waals surface area contributed by atoms with Gasteiger partial charge >= 0.3 is 5.97 Å². The lowest BCUT2D eigenvalue weighted by Crippen LogP contribution is -2.21. The van der Waals surface area contributed by atoms with Crippen LogP contribution in [0, 0.1) is 13.8 Å². The number of hydrogen-bond acceptors (Lipinski definition) is 5. The smallest absolute Gasteiger partial charge is 0.339 e. The number of aromatic nitrogens is 1. The van der Waals surface area contributed by atoms with Crippen molar-refractivity contribution in [2.75, 3.05) is 11.9 Å². The Morgan fingerprint density at radius 1 is 1.03 bits per heavy atom. The summed E-state index contributed by atoms with van der Waals surface area (Å²) in [5, 5.41) is 3.43. The van der Waals surface area contributed by atoms with Crippen molar-refractivity contribution in [3.05, 3.63) is 83.6 Å². The topological polar surface area (TPSA) is 81.4 Å².